The van der Waals surface area contributed by atoms with Gasteiger partial charge < -0.3 is 16.4 Å². The minimum Gasteiger partial charge on any atom is -0.383 e. The number of hydrogen-bond donors (Lipinski definition) is 4. The molecule has 1 atom stereocenters. The minimum absolute atomic E-state index is 0.0685. The lowest BCUT2D eigenvalue weighted by molar-refractivity contribution is -0.311. The number of alkyl halides is 3. The van der Waals surface area contributed by atoms with Crippen LogP contribution in [-0.4, -0.2) is 33.2 Å². The third-order valence-electron chi connectivity index (χ3n) is 7.14. The van der Waals surface area contributed by atoms with E-state index in [9.17, 15) is 18.4 Å². The van der Waals surface area contributed by atoms with E-state index in [0.717, 1.165) is 16.3 Å². The summed E-state index contributed by atoms with van der Waals surface area (Å²) in [6, 6.07) is 8.64. The molecule has 4 rings (SSSR count). The van der Waals surface area contributed by atoms with Crippen LogP contribution in [0.3, 0.4) is 0 Å². The molecule has 0 saturated heterocycles. The second-order valence-corrected chi connectivity index (χ2v) is 11.9. The molecule has 1 aliphatic rings. The molecule has 218 valence electrons. The average molecular weight is 588 g/mol. The molecule has 41 heavy (non-hydrogen) atoms. The Labute approximate surface area is 242 Å². The van der Waals surface area contributed by atoms with Gasteiger partial charge in [0.1, 0.15) is 17.8 Å². The van der Waals surface area contributed by atoms with E-state index in [1.807, 2.05) is 19.1 Å². The molecule has 1 aliphatic carbocycles. The number of pyridine rings is 2. The number of nitriles is 1. The molecule has 1 unspecified atom stereocenters. The van der Waals surface area contributed by atoms with Crippen LogP contribution >= 0.6 is 11.6 Å². The van der Waals surface area contributed by atoms with Gasteiger partial charge in [-0.3, -0.25) is 15.0 Å². The van der Waals surface area contributed by atoms with Crippen molar-refractivity contribution in [1.82, 2.24) is 15.0 Å². The molecular weight excluding hydrogens is 553 g/mol. The second-order valence-electron chi connectivity index (χ2n) is 11.5. The lowest BCUT2D eigenvalue weighted by atomic mass is 9.96. The zero-order valence-corrected chi connectivity index (χ0v) is 24.3. The summed E-state index contributed by atoms with van der Waals surface area (Å²) >= 11 is 6.68. The topological polar surface area (TPSA) is 131 Å². The fourth-order valence-corrected chi connectivity index (χ4v) is 4.97. The average Bonchev–Trinajstić information content (AvgIpc) is 3.72. The number of rotatable bonds is 9. The van der Waals surface area contributed by atoms with Crippen molar-refractivity contribution < 1.29 is 18.9 Å². The van der Waals surface area contributed by atoms with Crippen molar-refractivity contribution in [3.63, 3.8) is 0 Å². The first-order valence-electron chi connectivity index (χ1n) is 13.3. The predicted octanol–water partition coefficient (Wildman–Crippen LogP) is 5.68. The van der Waals surface area contributed by atoms with Crippen LogP contribution in [0.25, 0.3) is 10.9 Å². The zero-order valence-electron chi connectivity index (χ0n) is 23.5. The predicted molar refractivity (Wildman–Crippen MR) is 154 cm³/mol. The Morgan fingerprint density at radius 3 is 2.59 bits per heavy atom. The molecule has 1 saturated carbocycles. The van der Waals surface area contributed by atoms with Gasteiger partial charge in [0, 0.05) is 41.3 Å². The zero-order chi connectivity index (χ0) is 30.2. The summed E-state index contributed by atoms with van der Waals surface area (Å²) in [5.41, 5.74) is 5.81. The van der Waals surface area contributed by atoms with Gasteiger partial charge in [0.15, 0.2) is 5.54 Å². The molecule has 12 heteroatoms. The Bertz CT molecular complexity index is 1500. The third-order valence-corrected chi connectivity index (χ3v) is 7.43. The van der Waals surface area contributed by atoms with Crippen LogP contribution in [0.5, 0.6) is 0 Å². The van der Waals surface area contributed by atoms with E-state index in [1.54, 1.807) is 18.3 Å². The first-order chi connectivity index (χ1) is 19.2. The van der Waals surface area contributed by atoms with Gasteiger partial charge in [-0.25, -0.2) is 5.84 Å². The maximum Gasteiger partial charge on any atom is 0.413 e. The van der Waals surface area contributed by atoms with E-state index in [-0.39, 0.29) is 18.3 Å². The largest absolute Gasteiger partial charge is 0.413 e. The molecule has 0 bridgehead atoms. The standard InChI is InChI=1S/C29H34ClF3N8/c1-5-23-19(7-6-10-37-23)26(22(35)15-41(36)28(8-9-28)29(31,32)33)40-18-11-20-24(39-16-27(2,3)4)17(13-34)14-38-25(20)21(30)12-18/h6-7,10-12,14-15,26,40H,5,8-9,16,35-36H2,1-4H3,(H,38,39)/p+1. The van der Waals surface area contributed by atoms with Crippen LogP contribution in [0.2, 0.25) is 5.02 Å². The van der Waals surface area contributed by atoms with Crippen molar-refractivity contribution >= 4 is 33.9 Å². The summed E-state index contributed by atoms with van der Waals surface area (Å²) in [5, 5.41) is 18.3. The molecule has 1 aromatic carbocycles. The van der Waals surface area contributed by atoms with E-state index < -0.39 is 17.8 Å². The Hall–Kier alpha value is -3.59. The van der Waals surface area contributed by atoms with Crippen molar-refractivity contribution in [3.8, 4) is 6.07 Å². The molecule has 0 aliphatic heterocycles. The monoisotopic (exact) mass is 587 g/mol. The molecule has 1 fully saturated rings. The van der Waals surface area contributed by atoms with Crippen molar-refractivity contribution in [1.29, 1.82) is 5.26 Å². The first kappa shape index (κ1) is 30.4. The molecule has 2 aromatic heterocycles. The van der Waals surface area contributed by atoms with Gasteiger partial charge in [-0.05, 0) is 42.9 Å². The van der Waals surface area contributed by atoms with Crippen molar-refractivity contribution in [2.75, 3.05) is 17.2 Å². The summed E-state index contributed by atoms with van der Waals surface area (Å²) in [4.78, 5) is 8.88. The number of fused-ring (bicyclic) bond motifs is 1. The molecule has 0 radical (unpaired) electrons. The maximum atomic E-state index is 13.8. The summed E-state index contributed by atoms with van der Waals surface area (Å²) in [6.07, 6.45) is 0.353. The third kappa shape index (κ3) is 6.35. The number of anilines is 2. The van der Waals surface area contributed by atoms with E-state index in [4.69, 9.17) is 17.4 Å². The smallest absolute Gasteiger partial charge is 0.383 e. The molecule has 8 nitrogen and oxygen atoms in total. The number of quaternary nitrogens is 1. The Kier molecular flexibility index (Phi) is 8.41. The van der Waals surface area contributed by atoms with Gasteiger partial charge >= 0.3 is 6.18 Å². The maximum absolute atomic E-state index is 13.8. The number of nitrogens with two attached hydrogens (primary N) is 1. The highest BCUT2D eigenvalue weighted by molar-refractivity contribution is 6.35. The van der Waals surface area contributed by atoms with Crippen molar-refractivity contribution in [2.24, 2.45) is 11.3 Å². The highest BCUT2D eigenvalue weighted by atomic mass is 35.5. The molecule has 0 amide bonds. The van der Waals surface area contributed by atoms with Gasteiger partial charge in [-0.1, -0.05) is 45.4 Å². The molecular formula is C29H35ClF3N8+. The lowest BCUT2D eigenvalue weighted by Crippen LogP contribution is -2.56. The number of nitrogens with zero attached hydrogens (tertiary/aromatic N) is 4. The SMILES string of the molecule is CCc1ncccc1C(Nc1cc(Cl)c2ncc(C#N)c(NCC(C)(C)C)c2c1)C([NH3+])=CN(N)C1(C(F)(F)F)CC1. The van der Waals surface area contributed by atoms with Crippen LogP contribution in [0.15, 0.2) is 48.6 Å². The van der Waals surface area contributed by atoms with E-state index in [2.05, 4.69) is 53.2 Å². The summed E-state index contributed by atoms with van der Waals surface area (Å²) in [6.45, 7) is 8.77. The Morgan fingerprint density at radius 2 is 2.00 bits per heavy atom. The van der Waals surface area contributed by atoms with Crippen molar-refractivity contribution in [2.45, 2.75) is 64.7 Å². The number of benzene rings is 1. The molecule has 2 heterocycles. The number of halogens is 4. The molecule has 0 spiro atoms. The summed E-state index contributed by atoms with van der Waals surface area (Å²) in [5.74, 6) is 5.98. The first-order valence-corrected chi connectivity index (χ1v) is 13.7. The molecule has 7 N–H and O–H groups in total. The number of aryl methyl sites for hydroxylation is 1. The van der Waals surface area contributed by atoms with Gasteiger partial charge in [0.05, 0.1) is 28.0 Å². The van der Waals surface area contributed by atoms with E-state index in [0.29, 0.717) is 51.5 Å². The molecule has 3 aromatic rings. The Morgan fingerprint density at radius 1 is 1.29 bits per heavy atom. The van der Waals surface area contributed by atoms with Crippen LogP contribution in [0.1, 0.15) is 63.4 Å². The van der Waals surface area contributed by atoms with Gasteiger partial charge in [-0.2, -0.15) is 18.4 Å². The van der Waals surface area contributed by atoms with Crippen LogP contribution in [0, 0.1) is 16.7 Å². The number of hydrogen-bond acceptors (Lipinski definition) is 7. The fourth-order valence-electron chi connectivity index (χ4n) is 4.70. The van der Waals surface area contributed by atoms with E-state index >= 15 is 0 Å². The van der Waals surface area contributed by atoms with Gasteiger partial charge in [0.2, 0.25) is 0 Å². The van der Waals surface area contributed by atoms with E-state index in [1.165, 1.54) is 12.4 Å². The van der Waals surface area contributed by atoms with Gasteiger partial charge in [-0.15, -0.1) is 0 Å². The van der Waals surface area contributed by atoms with Crippen LogP contribution in [-0.2, 0) is 6.42 Å². The normalized spacial score (nSPS) is 15.8. The highest BCUT2D eigenvalue weighted by Gasteiger charge is 2.66. The number of nitrogens with one attached hydrogen (secondary N) is 2. The lowest BCUT2D eigenvalue weighted by Gasteiger charge is -2.29. The minimum atomic E-state index is -4.47. The quantitative estimate of drug-likeness (QED) is 0.187. The number of hydrazine groups is 1. The van der Waals surface area contributed by atoms with Crippen LogP contribution in [0.4, 0.5) is 24.5 Å². The van der Waals surface area contributed by atoms with Crippen molar-refractivity contribution in [3.05, 3.63) is 70.4 Å². The number of aromatic nitrogens is 2. The highest BCUT2D eigenvalue weighted by Crippen LogP contribution is 2.52. The second kappa shape index (κ2) is 11.4. The van der Waals surface area contributed by atoms with Gasteiger partial charge in [0.25, 0.3) is 0 Å². The van der Waals surface area contributed by atoms with Crippen LogP contribution < -0.4 is 22.2 Å². The summed E-state index contributed by atoms with van der Waals surface area (Å²) < 4.78 is 41.3. The Balaban J connectivity index is 1.81. The fraction of sp³-hybridized carbons (Fsp3) is 0.414. The summed E-state index contributed by atoms with van der Waals surface area (Å²) in [7, 11) is 0.